The molecule has 0 saturated heterocycles. The molecule has 0 amide bonds. The topological polar surface area (TPSA) is 43.4 Å². The lowest BCUT2D eigenvalue weighted by atomic mass is 9.70. The Morgan fingerprint density at radius 2 is 2.20 bits per heavy atom. The molecular weight excluding hydrogens is 192 g/mol. The lowest BCUT2D eigenvalue weighted by Crippen LogP contribution is -2.41. The molecule has 3 atom stereocenters. The molecule has 3 nitrogen and oxygen atoms in total. The van der Waals surface area contributed by atoms with E-state index in [1.165, 1.54) is 6.08 Å². The first-order valence-electron chi connectivity index (χ1n) is 5.56. The van der Waals surface area contributed by atoms with Crippen molar-refractivity contribution < 1.29 is 14.3 Å². The van der Waals surface area contributed by atoms with Crippen LogP contribution in [0, 0.1) is 11.8 Å². The van der Waals surface area contributed by atoms with Gasteiger partial charge in [0.1, 0.15) is 11.9 Å². The van der Waals surface area contributed by atoms with E-state index in [-0.39, 0.29) is 17.8 Å². The highest BCUT2D eigenvalue weighted by atomic mass is 16.5. The van der Waals surface area contributed by atoms with Crippen molar-refractivity contribution in [2.75, 3.05) is 0 Å². The fourth-order valence-corrected chi connectivity index (χ4v) is 2.70. The fourth-order valence-electron chi connectivity index (χ4n) is 2.70. The highest BCUT2D eigenvalue weighted by molar-refractivity contribution is 5.84. The van der Waals surface area contributed by atoms with Gasteiger partial charge in [-0.15, -0.1) is 0 Å². The second-order valence-electron chi connectivity index (χ2n) is 4.47. The van der Waals surface area contributed by atoms with E-state index < -0.39 is 5.97 Å². The zero-order valence-electron chi connectivity index (χ0n) is 8.78. The number of hydrogen-bond donors (Lipinski definition) is 0. The molecule has 0 N–H and O–H groups in total. The van der Waals surface area contributed by atoms with Crippen LogP contribution in [0.5, 0.6) is 0 Å². The van der Waals surface area contributed by atoms with Gasteiger partial charge in [-0.3, -0.25) is 4.79 Å². The van der Waals surface area contributed by atoms with Crippen LogP contribution < -0.4 is 0 Å². The molecule has 0 heterocycles. The van der Waals surface area contributed by atoms with E-state index in [2.05, 4.69) is 6.58 Å². The molecule has 2 rings (SSSR count). The maximum absolute atomic E-state index is 11.7. The maximum atomic E-state index is 11.7. The number of ketones is 1. The second kappa shape index (κ2) is 4.17. The lowest BCUT2D eigenvalue weighted by molar-refractivity contribution is -0.153. The Labute approximate surface area is 89.5 Å². The SMILES string of the molecule is C=CC(=O)OC1CCC2CCC(=O)C1C2. The van der Waals surface area contributed by atoms with Crippen molar-refractivity contribution in [2.24, 2.45) is 11.8 Å². The predicted molar refractivity (Wildman–Crippen MR) is 55.1 cm³/mol. The zero-order valence-corrected chi connectivity index (χ0v) is 8.78. The van der Waals surface area contributed by atoms with Crippen molar-refractivity contribution in [1.82, 2.24) is 0 Å². The number of rotatable bonds is 2. The summed E-state index contributed by atoms with van der Waals surface area (Å²) in [5.74, 6) is 0.498. The van der Waals surface area contributed by atoms with E-state index in [9.17, 15) is 9.59 Å². The third-order valence-corrected chi connectivity index (χ3v) is 3.54. The van der Waals surface area contributed by atoms with Crippen LogP contribution in [0.25, 0.3) is 0 Å². The van der Waals surface area contributed by atoms with Crippen LogP contribution in [0.1, 0.15) is 32.1 Å². The van der Waals surface area contributed by atoms with E-state index in [0.29, 0.717) is 12.3 Å². The molecule has 0 aromatic heterocycles. The van der Waals surface area contributed by atoms with E-state index in [0.717, 1.165) is 25.7 Å². The molecule has 3 unspecified atom stereocenters. The van der Waals surface area contributed by atoms with Gasteiger partial charge < -0.3 is 4.74 Å². The van der Waals surface area contributed by atoms with Crippen LogP contribution in [0.2, 0.25) is 0 Å². The Hall–Kier alpha value is -1.12. The first kappa shape index (κ1) is 10.4. The van der Waals surface area contributed by atoms with Crippen LogP contribution >= 0.6 is 0 Å². The summed E-state index contributed by atoms with van der Waals surface area (Å²) < 4.78 is 5.22. The van der Waals surface area contributed by atoms with Gasteiger partial charge in [-0.1, -0.05) is 6.58 Å². The van der Waals surface area contributed by atoms with Gasteiger partial charge in [-0.05, 0) is 31.6 Å². The summed E-state index contributed by atoms with van der Waals surface area (Å²) in [6, 6.07) is 0. The Bertz CT molecular complexity index is 295. The van der Waals surface area contributed by atoms with Gasteiger partial charge in [0.05, 0.1) is 5.92 Å². The van der Waals surface area contributed by atoms with Crippen molar-refractivity contribution in [1.29, 1.82) is 0 Å². The lowest BCUT2D eigenvalue weighted by Gasteiger charge is -2.38. The van der Waals surface area contributed by atoms with E-state index in [1.807, 2.05) is 0 Å². The number of carbonyl (C=O) groups excluding carboxylic acids is 2. The van der Waals surface area contributed by atoms with Crippen LogP contribution in [0.15, 0.2) is 12.7 Å². The molecule has 82 valence electrons. The van der Waals surface area contributed by atoms with Crippen molar-refractivity contribution in [3.05, 3.63) is 12.7 Å². The molecule has 0 spiro atoms. The van der Waals surface area contributed by atoms with E-state index in [4.69, 9.17) is 4.74 Å². The predicted octanol–water partition coefficient (Wildman–Crippen LogP) is 1.86. The monoisotopic (exact) mass is 208 g/mol. The number of ether oxygens (including phenoxy) is 1. The number of fused-ring (bicyclic) bond motifs is 2. The first-order chi connectivity index (χ1) is 7.20. The minimum absolute atomic E-state index is 0.0404. The van der Waals surface area contributed by atoms with Crippen LogP contribution in [0.4, 0.5) is 0 Å². The molecule has 2 fully saturated rings. The Morgan fingerprint density at radius 3 is 2.93 bits per heavy atom. The van der Waals surface area contributed by atoms with Gasteiger partial charge in [-0.25, -0.2) is 4.79 Å². The fraction of sp³-hybridized carbons (Fsp3) is 0.667. The van der Waals surface area contributed by atoms with E-state index in [1.54, 1.807) is 0 Å². The quantitative estimate of drug-likeness (QED) is 0.514. The van der Waals surface area contributed by atoms with Gasteiger partial charge in [0.15, 0.2) is 0 Å². The summed E-state index contributed by atoms with van der Waals surface area (Å²) in [5.41, 5.74) is 0. The smallest absolute Gasteiger partial charge is 0.330 e. The minimum Gasteiger partial charge on any atom is -0.458 e. The number of Topliss-reactive ketones (excluding diaryl/α,β-unsaturated/α-hetero) is 1. The average Bonchev–Trinajstić information content (AvgIpc) is 2.26. The molecule has 0 radical (unpaired) electrons. The summed E-state index contributed by atoms with van der Waals surface area (Å²) >= 11 is 0. The van der Waals surface area contributed by atoms with Gasteiger partial charge in [0.2, 0.25) is 0 Å². The molecule has 2 bridgehead atoms. The number of hydrogen-bond acceptors (Lipinski definition) is 3. The van der Waals surface area contributed by atoms with Gasteiger partial charge in [0.25, 0.3) is 0 Å². The van der Waals surface area contributed by atoms with E-state index >= 15 is 0 Å². The standard InChI is InChI=1S/C12H16O3/c1-2-12(14)15-11-6-4-8-3-5-10(13)9(11)7-8/h2,8-9,11H,1,3-7H2. The van der Waals surface area contributed by atoms with Crippen molar-refractivity contribution >= 4 is 11.8 Å². The minimum atomic E-state index is -0.406. The molecule has 15 heavy (non-hydrogen) atoms. The number of esters is 1. The maximum Gasteiger partial charge on any atom is 0.330 e. The largest absolute Gasteiger partial charge is 0.458 e. The molecule has 0 aromatic rings. The van der Waals surface area contributed by atoms with Gasteiger partial charge >= 0.3 is 5.97 Å². The highest BCUT2D eigenvalue weighted by Crippen LogP contribution is 2.39. The second-order valence-corrected chi connectivity index (χ2v) is 4.47. The summed E-state index contributed by atoms with van der Waals surface area (Å²) in [5, 5.41) is 0. The summed E-state index contributed by atoms with van der Waals surface area (Å²) in [6.45, 7) is 3.37. The Morgan fingerprint density at radius 1 is 1.40 bits per heavy atom. The van der Waals surface area contributed by atoms with Crippen molar-refractivity contribution in [3.63, 3.8) is 0 Å². The number of carbonyl (C=O) groups is 2. The first-order valence-corrected chi connectivity index (χ1v) is 5.56. The third kappa shape index (κ3) is 2.11. The van der Waals surface area contributed by atoms with Crippen molar-refractivity contribution in [2.45, 2.75) is 38.2 Å². The molecule has 2 aliphatic carbocycles. The average molecular weight is 208 g/mol. The molecule has 0 aromatic carbocycles. The molecule has 2 saturated carbocycles. The molecular formula is C12H16O3. The molecule has 2 aliphatic rings. The molecule has 0 aliphatic heterocycles. The Kier molecular flexibility index (Phi) is 2.89. The highest BCUT2D eigenvalue weighted by Gasteiger charge is 2.40. The van der Waals surface area contributed by atoms with Crippen molar-refractivity contribution in [3.8, 4) is 0 Å². The van der Waals surface area contributed by atoms with Crippen LogP contribution in [-0.2, 0) is 14.3 Å². The summed E-state index contributed by atoms with van der Waals surface area (Å²) in [6.07, 6.45) is 5.49. The molecule has 3 heteroatoms. The summed E-state index contributed by atoms with van der Waals surface area (Å²) in [7, 11) is 0. The normalized spacial score (nSPS) is 34.7. The van der Waals surface area contributed by atoms with Gasteiger partial charge in [0, 0.05) is 12.5 Å². The summed E-state index contributed by atoms with van der Waals surface area (Å²) in [4.78, 5) is 22.8. The Balaban J connectivity index is 2.02. The van der Waals surface area contributed by atoms with Gasteiger partial charge in [-0.2, -0.15) is 0 Å². The van der Waals surface area contributed by atoms with Crippen LogP contribution in [0.3, 0.4) is 0 Å². The third-order valence-electron chi connectivity index (χ3n) is 3.54. The zero-order chi connectivity index (χ0) is 10.8. The van der Waals surface area contributed by atoms with Crippen LogP contribution in [-0.4, -0.2) is 17.9 Å².